The summed E-state index contributed by atoms with van der Waals surface area (Å²) in [6.07, 6.45) is 3.13. The minimum atomic E-state index is -0.531. The van der Waals surface area contributed by atoms with Crippen molar-refractivity contribution in [3.8, 4) is 0 Å². The first kappa shape index (κ1) is 14.0. The molecule has 0 spiro atoms. The summed E-state index contributed by atoms with van der Waals surface area (Å²) in [7, 11) is 1.50. The predicted molar refractivity (Wildman–Crippen MR) is 65.4 cm³/mol. The molecule has 0 heterocycles. The highest BCUT2D eigenvalue weighted by atomic mass is 32.2. The Morgan fingerprint density at radius 3 is 2.93 bits per heavy atom. The number of hydrogen-bond donors (Lipinski definition) is 1. The molecule has 0 aliphatic rings. The molecule has 0 aromatic heterocycles. The lowest BCUT2D eigenvalue weighted by molar-refractivity contribution is 0.153. The third-order valence-corrected chi connectivity index (χ3v) is 2.67. The molecule has 1 N–H and O–H groups in total. The van der Waals surface area contributed by atoms with Crippen LogP contribution in [-0.2, 0) is 4.84 Å². The standard InChI is InChI=1S/C10H18N2O2S/c1-4-6-7-15-8-9(5-2)12-14-10(13)11-3/h4H,1,5-8H2,2-3H3,(H,11,13). The third-order valence-electron chi connectivity index (χ3n) is 1.60. The van der Waals surface area contributed by atoms with Gasteiger partial charge < -0.3 is 5.32 Å². The second kappa shape index (κ2) is 9.58. The van der Waals surface area contributed by atoms with Gasteiger partial charge in [0.05, 0.1) is 5.71 Å². The number of carbonyl (C=O) groups excluding carboxylic acids is 1. The molecule has 86 valence electrons. The van der Waals surface area contributed by atoms with E-state index in [1.165, 1.54) is 7.05 Å². The van der Waals surface area contributed by atoms with Gasteiger partial charge in [0.2, 0.25) is 0 Å². The summed E-state index contributed by atoms with van der Waals surface area (Å²) in [5, 5.41) is 6.10. The molecular formula is C10H18N2O2S. The normalized spacial score (nSPS) is 10.9. The number of hydrogen-bond acceptors (Lipinski definition) is 4. The SMILES string of the molecule is C=CCCSCC(CC)=NOC(=O)NC. The van der Waals surface area contributed by atoms with Crippen molar-refractivity contribution in [1.29, 1.82) is 0 Å². The van der Waals surface area contributed by atoms with Gasteiger partial charge in [-0.25, -0.2) is 4.79 Å². The third kappa shape index (κ3) is 8.05. The van der Waals surface area contributed by atoms with Gasteiger partial charge in [-0.05, 0) is 18.6 Å². The molecule has 0 unspecified atom stereocenters. The van der Waals surface area contributed by atoms with Crippen molar-refractivity contribution in [3.05, 3.63) is 12.7 Å². The van der Waals surface area contributed by atoms with E-state index < -0.39 is 6.09 Å². The van der Waals surface area contributed by atoms with Gasteiger partial charge in [-0.3, -0.25) is 4.84 Å². The highest BCUT2D eigenvalue weighted by Gasteiger charge is 2.00. The quantitative estimate of drug-likeness (QED) is 0.240. The number of oxime groups is 1. The Morgan fingerprint density at radius 2 is 2.40 bits per heavy atom. The number of carbonyl (C=O) groups is 1. The van der Waals surface area contributed by atoms with Crippen LogP contribution in [0.15, 0.2) is 17.8 Å². The summed E-state index contributed by atoms with van der Waals surface area (Å²) in [5.74, 6) is 1.81. The van der Waals surface area contributed by atoms with Gasteiger partial charge in [0, 0.05) is 12.8 Å². The molecule has 1 amide bonds. The molecule has 0 fully saturated rings. The van der Waals surface area contributed by atoms with E-state index in [0.717, 1.165) is 30.1 Å². The lowest BCUT2D eigenvalue weighted by atomic mass is 10.3. The summed E-state index contributed by atoms with van der Waals surface area (Å²) < 4.78 is 0. The lowest BCUT2D eigenvalue weighted by Gasteiger charge is -2.02. The van der Waals surface area contributed by atoms with Crippen LogP contribution < -0.4 is 5.32 Å². The van der Waals surface area contributed by atoms with Crippen molar-refractivity contribution in [2.24, 2.45) is 5.16 Å². The van der Waals surface area contributed by atoms with Gasteiger partial charge in [-0.15, -0.1) is 6.58 Å². The zero-order chi connectivity index (χ0) is 11.5. The first-order chi connectivity index (χ1) is 7.24. The molecule has 4 nitrogen and oxygen atoms in total. The van der Waals surface area contributed by atoms with Crippen LogP contribution >= 0.6 is 11.8 Å². The van der Waals surface area contributed by atoms with E-state index in [4.69, 9.17) is 0 Å². The average molecular weight is 230 g/mol. The molecule has 0 saturated carbocycles. The maximum atomic E-state index is 10.7. The fourth-order valence-electron chi connectivity index (χ4n) is 0.701. The lowest BCUT2D eigenvalue weighted by Crippen LogP contribution is -2.17. The number of thioether (sulfide) groups is 1. The van der Waals surface area contributed by atoms with Crippen LogP contribution in [0.4, 0.5) is 4.79 Å². The second-order valence-electron chi connectivity index (χ2n) is 2.77. The Bertz CT molecular complexity index is 229. The molecule has 0 rings (SSSR count). The van der Waals surface area contributed by atoms with E-state index in [1.807, 2.05) is 13.0 Å². The van der Waals surface area contributed by atoms with Crippen LogP contribution in [0.5, 0.6) is 0 Å². The number of rotatable bonds is 7. The van der Waals surface area contributed by atoms with Crippen LogP contribution in [0.3, 0.4) is 0 Å². The van der Waals surface area contributed by atoms with Gasteiger partial charge in [-0.2, -0.15) is 11.8 Å². The van der Waals surface area contributed by atoms with E-state index in [-0.39, 0.29) is 0 Å². The minimum absolute atomic E-state index is 0.531. The van der Waals surface area contributed by atoms with E-state index in [1.54, 1.807) is 11.8 Å². The Labute approximate surface area is 95.1 Å². The molecule has 0 bridgehead atoms. The molecule has 0 radical (unpaired) electrons. The van der Waals surface area contributed by atoms with Crippen LogP contribution in [0, 0.1) is 0 Å². The number of nitrogens with zero attached hydrogens (tertiary/aromatic N) is 1. The van der Waals surface area contributed by atoms with E-state index in [0.29, 0.717) is 0 Å². The first-order valence-corrected chi connectivity index (χ1v) is 6.03. The predicted octanol–water partition coefficient (Wildman–Crippen LogP) is 2.42. The Balaban J connectivity index is 3.79. The monoisotopic (exact) mass is 230 g/mol. The highest BCUT2D eigenvalue weighted by Crippen LogP contribution is 2.05. The maximum absolute atomic E-state index is 10.7. The van der Waals surface area contributed by atoms with Crippen LogP contribution in [-0.4, -0.2) is 30.4 Å². The summed E-state index contributed by atoms with van der Waals surface area (Å²) >= 11 is 1.76. The highest BCUT2D eigenvalue weighted by molar-refractivity contribution is 7.99. The van der Waals surface area contributed by atoms with Crippen molar-refractivity contribution in [1.82, 2.24) is 5.32 Å². The van der Waals surface area contributed by atoms with Crippen molar-refractivity contribution in [2.75, 3.05) is 18.6 Å². The van der Waals surface area contributed by atoms with Gasteiger partial charge in [0.25, 0.3) is 0 Å². The fourth-order valence-corrected chi connectivity index (χ4v) is 1.67. The summed E-state index contributed by atoms with van der Waals surface area (Å²) in [4.78, 5) is 15.4. The van der Waals surface area contributed by atoms with Crippen molar-refractivity contribution >= 4 is 23.6 Å². The van der Waals surface area contributed by atoms with Gasteiger partial charge in [0.1, 0.15) is 0 Å². The molecule has 0 saturated heterocycles. The zero-order valence-corrected chi connectivity index (χ0v) is 10.1. The molecule has 0 aromatic rings. The van der Waals surface area contributed by atoms with Gasteiger partial charge >= 0.3 is 6.09 Å². The molecular weight excluding hydrogens is 212 g/mol. The van der Waals surface area contributed by atoms with Crippen molar-refractivity contribution < 1.29 is 9.63 Å². The van der Waals surface area contributed by atoms with Crippen LogP contribution in [0.25, 0.3) is 0 Å². The zero-order valence-electron chi connectivity index (χ0n) is 9.28. The van der Waals surface area contributed by atoms with Crippen molar-refractivity contribution in [3.63, 3.8) is 0 Å². The summed E-state index contributed by atoms with van der Waals surface area (Å²) in [5.41, 5.74) is 0.882. The Hall–Kier alpha value is -0.970. The van der Waals surface area contributed by atoms with Crippen molar-refractivity contribution in [2.45, 2.75) is 19.8 Å². The molecule has 0 aromatic carbocycles. The number of nitrogens with one attached hydrogen (secondary N) is 1. The van der Waals surface area contributed by atoms with Crippen LogP contribution in [0.2, 0.25) is 0 Å². The Morgan fingerprint density at radius 1 is 1.67 bits per heavy atom. The topological polar surface area (TPSA) is 50.7 Å². The van der Waals surface area contributed by atoms with E-state index in [9.17, 15) is 4.79 Å². The largest absolute Gasteiger partial charge is 0.433 e. The molecule has 15 heavy (non-hydrogen) atoms. The molecule has 5 heteroatoms. The summed E-state index contributed by atoms with van der Waals surface area (Å²) in [6, 6.07) is 0. The summed E-state index contributed by atoms with van der Waals surface area (Å²) in [6.45, 7) is 5.63. The van der Waals surface area contributed by atoms with Gasteiger partial charge in [-0.1, -0.05) is 18.2 Å². The molecule has 0 atom stereocenters. The second-order valence-corrected chi connectivity index (χ2v) is 3.87. The smallest absolute Gasteiger partial charge is 0.323 e. The first-order valence-electron chi connectivity index (χ1n) is 4.87. The van der Waals surface area contributed by atoms with E-state index in [2.05, 4.69) is 21.9 Å². The maximum Gasteiger partial charge on any atom is 0.433 e. The van der Waals surface area contributed by atoms with Crippen LogP contribution in [0.1, 0.15) is 19.8 Å². The Kier molecular flexibility index (Phi) is 8.96. The van der Waals surface area contributed by atoms with E-state index >= 15 is 0 Å². The minimum Gasteiger partial charge on any atom is -0.323 e. The number of amides is 1. The average Bonchev–Trinajstić information content (AvgIpc) is 2.27. The fraction of sp³-hybridized carbons (Fsp3) is 0.600. The molecule has 0 aliphatic heterocycles. The number of allylic oxidation sites excluding steroid dienone is 1. The molecule has 0 aliphatic carbocycles. The van der Waals surface area contributed by atoms with Gasteiger partial charge in [0.15, 0.2) is 0 Å².